The first-order valence-corrected chi connectivity index (χ1v) is 5.51. The van der Waals surface area contributed by atoms with Crippen LogP contribution in [0.25, 0.3) is 11.5 Å². The Morgan fingerprint density at radius 3 is 2.62 bits per heavy atom. The highest BCUT2D eigenvalue weighted by Gasteiger charge is 2.14. The number of nitrogens with zero attached hydrogens (tertiary/aromatic N) is 2. The molecule has 82 valence electrons. The van der Waals surface area contributed by atoms with Crippen molar-refractivity contribution in [2.75, 3.05) is 13.2 Å². The normalized spacial score (nSPS) is 13.8. The molecule has 0 spiro atoms. The fourth-order valence-corrected chi connectivity index (χ4v) is 1.73. The van der Waals surface area contributed by atoms with Crippen molar-refractivity contribution in [3.8, 4) is 23.0 Å². The number of benzene rings is 1. The lowest BCUT2D eigenvalue weighted by Crippen LogP contribution is -2.15. The summed E-state index contributed by atoms with van der Waals surface area (Å²) in [7, 11) is 0. The van der Waals surface area contributed by atoms with E-state index in [0.29, 0.717) is 29.7 Å². The number of hydrogen-bond acceptors (Lipinski definition) is 5. The Morgan fingerprint density at radius 2 is 1.88 bits per heavy atom. The van der Waals surface area contributed by atoms with Crippen molar-refractivity contribution in [1.82, 2.24) is 10.2 Å². The van der Waals surface area contributed by atoms with E-state index in [2.05, 4.69) is 26.1 Å². The minimum absolute atomic E-state index is 0.359. The summed E-state index contributed by atoms with van der Waals surface area (Å²) in [6.07, 6.45) is 0. The molecule has 0 fully saturated rings. The van der Waals surface area contributed by atoms with Crippen LogP contribution < -0.4 is 9.47 Å². The molecule has 0 amide bonds. The average molecular weight is 283 g/mol. The van der Waals surface area contributed by atoms with Gasteiger partial charge in [0.1, 0.15) is 13.2 Å². The van der Waals surface area contributed by atoms with Gasteiger partial charge in [0.25, 0.3) is 4.80 Å². The van der Waals surface area contributed by atoms with Crippen LogP contribution in [0.5, 0.6) is 11.5 Å². The molecule has 0 N–H and O–H groups in total. The highest BCUT2D eigenvalue weighted by atomic mass is 79.9. The van der Waals surface area contributed by atoms with Gasteiger partial charge in [-0.3, -0.25) is 0 Å². The monoisotopic (exact) mass is 282 g/mol. The fourth-order valence-electron chi connectivity index (χ4n) is 1.50. The standard InChI is InChI=1S/C10H7BrN2O3/c11-10-13-12-9(16-10)6-1-2-7-8(5-6)15-4-3-14-7/h1-2,5H,3-4H2. The topological polar surface area (TPSA) is 57.4 Å². The molecule has 0 bridgehead atoms. The maximum Gasteiger partial charge on any atom is 0.285 e. The zero-order valence-corrected chi connectivity index (χ0v) is 9.73. The Morgan fingerprint density at radius 1 is 1.06 bits per heavy atom. The molecule has 1 aromatic carbocycles. The number of ether oxygens (including phenoxy) is 2. The molecular weight excluding hydrogens is 276 g/mol. The smallest absolute Gasteiger partial charge is 0.285 e. The lowest BCUT2D eigenvalue weighted by molar-refractivity contribution is 0.171. The van der Waals surface area contributed by atoms with Gasteiger partial charge in [-0.25, -0.2) is 0 Å². The molecule has 1 aromatic heterocycles. The minimum atomic E-state index is 0.359. The van der Waals surface area contributed by atoms with E-state index in [1.54, 1.807) is 0 Å². The van der Waals surface area contributed by atoms with E-state index < -0.39 is 0 Å². The first-order chi connectivity index (χ1) is 7.83. The number of aromatic nitrogens is 2. The molecule has 6 heteroatoms. The van der Waals surface area contributed by atoms with Crippen molar-refractivity contribution in [3.63, 3.8) is 0 Å². The van der Waals surface area contributed by atoms with Gasteiger partial charge in [0.05, 0.1) is 0 Å². The Hall–Kier alpha value is -1.56. The van der Waals surface area contributed by atoms with Gasteiger partial charge >= 0.3 is 0 Å². The Balaban J connectivity index is 2.02. The minimum Gasteiger partial charge on any atom is -0.486 e. The molecule has 2 heterocycles. The van der Waals surface area contributed by atoms with Crippen LogP contribution in [-0.2, 0) is 0 Å². The highest BCUT2D eigenvalue weighted by molar-refractivity contribution is 9.10. The van der Waals surface area contributed by atoms with E-state index in [1.807, 2.05) is 18.2 Å². The van der Waals surface area contributed by atoms with E-state index in [4.69, 9.17) is 13.9 Å². The summed E-state index contributed by atoms with van der Waals surface area (Å²) in [6.45, 7) is 1.14. The second kappa shape index (κ2) is 3.79. The molecule has 16 heavy (non-hydrogen) atoms. The summed E-state index contributed by atoms with van der Waals surface area (Å²) in [5.74, 6) is 1.90. The van der Waals surface area contributed by atoms with Crippen LogP contribution in [0.4, 0.5) is 0 Å². The fraction of sp³-hybridized carbons (Fsp3) is 0.200. The molecular formula is C10H7BrN2O3. The maximum atomic E-state index is 5.47. The summed E-state index contributed by atoms with van der Waals surface area (Å²) in [5.41, 5.74) is 0.808. The van der Waals surface area contributed by atoms with E-state index in [1.165, 1.54) is 0 Å². The van der Waals surface area contributed by atoms with Crippen molar-refractivity contribution < 1.29 is 13.9 Å². The van der Waals surface area contributed by atoms with Crippen LogP contribution in [0, 0.1) is 0 Å². The largest absolute Gasteiger partial charge is 0.486 e. The predicted octanol–water partition coefficient (Wildman–Crippen LogP) is 2.27. The molecule has 0 radical (unpaired) electrons. The molecule has 2 aromatic rings. The number of rotatable bonds is 1. The first-order valence-electron chi connectivity index (χ1n) is 4.72. The van der Waals surface area contributed by atoms with E-state index in [0.717, 1.165) is 11.3 Å². The van der Waals surface area contributed by atoms with Gasteiger partial charge < -0.3 is 13.9 Å². The van der Waals surface area contributed by atoms with E-state index >= 15 is 0 Å². The van der Waals surface area contributed by atoms with Gasteiger partial charge in [0.2, 0.25) is 5.89 Å². The Labute approximate surface area is 99.5 Å². The summed E-state index contributed by atoms with van der Waals surface area (Å²) in [4.78, 5) is 0.359. The summed E-state index contributed by atoms with van der Waals surface area (Å²) < 4.78 is 16.1. The van der Waals surface area contributed by atoms with Gasteiger partial charge in [-0.2, -0.15) is 0 Å². The average Bonchev–Trinajstić information content (AvgIpc) is 2.75. The van der Waals surface area contributed by atoms with E-state index in [9.17, 15) is 0 Å². The van der Waals surface area contributed by atoms with Crippen LogP contribution in [0.1, 0.15) is 0 Å². The van der Waals surface area contributed by atoms with Crippen molar-refractivity contribution in [3.05, 3.63) is 23.0 Å². The molecule has 0 atom stereocenters. The van der Waals surface area contributed by atoms with Gasteiger partial charge in [0.15, 0.2) is 11.5 Å². The molecule has 1 aliphatic rings. The van der Waals surface area contributed by atoms with Crippen molar-refractivity contribution in [2.45, 2.75) is 0 Å². The summed E-state index contributed by atoms with van der Waals surface area (Å²) >= 11 is 3.11. The van der Waals surface area contributed by atoms with Crippen molar-refractivity contribution in [1.29, 1.82) is 0 Å². The summed E-state index contributed by atoms with van der Waals surface area (Å²) in [5, 5.41) is 7.61. The zero-order valence-electron chi connectivity index (χ0n) is 8.14. The Bertz CT molecular complexity index is 527. The third-order valence-corrected chi connectivity index (χ3v) is 2.51. The predicted molar refractivity (Wildman–Crippen MR) is 58.4 cm³/mol. The second-order valence-electron chi connectivity index (χ2n) is 3.22. The molecule has 0 saturated carbocycles. The third kappa shape index (κ3) is 1.65. The summed E-state index contributed by atoms with van der Waals surface area (Å²) in [6, 6.07) is 5.52. The van der Waals surface area contributed by atoms with Gasteiger partial charge in [0, 0.05) is 21.5 Å². The molecule has 0 aliphatic carbocycles. The Kier molecular flexibility index (Phi) is 2.28. The number of hydrogen-bond donors (Lipinski definition) is 0. The quantitative estimate of drug-likeness (QED) is 0.803. The van der Waals surface area contributed by atoms with Gasteiger partial charge in [-0.05, 0) is 18.2 Å². The number of fused-ring (bicyclic) bond motifs is 1. The molecule has 0 saturated heterocycles. The van der Waals surface area contributed by atoms with Crippen LogP contribution in [-0.4, -0.2) is 23.4 Å². The number of halogens is 1. The zero-order chi connectivity index (χ0) is 11.0. The van der Waals surface area contributed by atoms with Gasteiger partial charge in [-0.1, -0.05) is 0 Å². The third-order valence-electron chi connectivity index (χ3n) is 2.19. The lowest BCUT2D eigenvalue weighted by Gasteiger charge is -2.18. The highest BCUT2D eigenvalue weighted by Crippen LogP contribution is 2.34. The molecule has 5 nitrogen and oxygen atoms in total. The van der Waals surface area contributed by atoms with Crippen LogP contribution in [0.2, 0.25) is 0 Å². The van der Waals surface area contributed by atoms with Crippen LogP contribution in [0.3, 0.4) is 0 Å². The molecule has 0 unspecified atom stereocenters. The second-order valence-corrected chi connectivity index (χ2v) is 3.90. The van der Waals surface area contributed by atoms with Crippen LogP contribution >= 0.6 is 15.9 Å². The molecule has 3 rings (SSSR count). The van der Waals surface area contributed by atoms with Crippen molar-refractivity contribution >= 4 is 15.9 Å². The van der Waals surface area contributed by atoms with Gasteiger partial charge in [-0.15, -0.1) is 10.2 Å². The lowest BCUT2D eigenvalue weighted by atomic mass is 10.2. The van der Waals surface area contributed by atoms with E-state index in [-0.39, 0.29) is 0 Å². The first kappa shape index (κ1) is 9.65. The SMILES string of the molecule is Brc1nnc(-c2ccc3c(c2)OCCO3)o1. The van der Waals surface area contributed by atoms with Crippen molar-refractivity contribution in [2.24, 2.45) is 0 Å². The maximum absolute atomic E-state index is 5.47. The molecule has 1 aliphatic heterocycles. The van der Waals surface area contributed by atoms with Crippen LogP contribution in [0.15, 0.2) is 27.4 Å².